The highest BCUT2D eigenvalue weighted by atomic mass is 32.2. The number of amides is 1. The summed E-state index contributed by atoms with van der Waals surface area (Å²) in [6.07, 6.45) is 4.24. The zero-order valence-electron chi connectivity index (χ0n) is 16.9. The number of carbonyl (C=O) groups excluding carboxylic acids is 1. The van der Waals surface area contributed by atoms with Crippen molar-refractivity contribution in [1.29, 1.82) is 0 Å². The number of carbonyl (C=O) groups is 1. The third kappa shape index (κ3) is 3.95. The molecule has 2 aromatic carbocycles. The van der Waals surface area contributed by atoms with Gasteiger partial charge in [0, 0.05) is 48.7 Å². The number of nitrogens with one attached hydrogen (secondary N) is 1. The molecule has 2 heterocycles. The van der Waals surface area contributed by atoms with Crippen LogP contribution < -0.4 is 9.62 Å². The summed E-state index contributed by atoms with van der Waals surface area (Å²) in [6.45, 7) is 3.48. The third-order valence-corrected chi connectivity index (χ3v) is 7.47. The standard InChI is InChI=1S/C21H22N4O3S2/c1-14-12-16-13-19(8-9-20(16)25(14)15(2)26)30(27,28)23-17-4-6-18(7-5-17)29-21-22-10-11-24(21)3/h4-11,13-14,23H,12H2,1-3H3. The van der Waals surface area contributed by atoms with E-state index in [1.807, 2.05) is 36.9 Å². The Bertz CT molecular complexity index is 1200. The summed E-state index contributed by atoms with van der Waals surface area (Å²) in [5.74, 6) is -0.0431. The highest BCUT2D eigenvalue weighted by molar-refractivity contribution is 7.99. The maximum Gasteiger partial charge on any atom is 0.261 e. The lowest BCUT2D eigenvalue weighted by molar-refractivity contribution is -0.116. The summed E-state index contributed by atoms with van der Waals surface area (Å²) < 4.78 is 30.3. The van der Waals surface area contributed by atoms with E-state index in [0.717, 1.165) is 21.3 Å². The Morgan fingerprint density at radius 2 is 1.93 bits per heavy atom. The molecule has 3 aromatic rings. The molecule has 4 rings (SSSR count). The molecule has 0 aliphatic carbocycles. The van der Waals surface area contributed by atoms with Crippen molar-refractivity contribution >= 4 is 39.1 Å². The van der Waals surface area contributed by atoms with Crippen molar-refractivity contribution in [1.82, 2.24) is 9.55 Å². The van der Waals surface area contributed by atoms with Gasteiger partial charge in [-0.1, -0.05) is 11.8 Å². The number of fused-ring (bicyclic) bond motifs is 1. The van der Waals surface area contributed by atoms with E-state index in [1.165, 1.54) is 18.7 Å². The predicted molar refractivity (Wildman–Crippen MR) is 117 cm³/mol. The predicted octanol–water partition coefficient (Wildman–Crippen LogP) is 3.67. The summed E-state index contributed by atoms with van der Waals surface area (Å²) in [4.78, 5) is 19.0. The second-order valence-corrected chi connectivity index (χ2v) is 10.0. The Hall–Kier alpha value is -2.78. The van der Waals surface area contributed by atoms with Crippen LogP contribution in [0.5, 0.6) is 0 Å². The molecule has 1 aliphatic heterocycles. The quantitative estimate of drug-likeness (QED) is 0.652. The molecule has 0 bridgehead atoms. The fourth-order valence-electron chi connectivity index (χ4n) is 3.62. The smallest absolute Gasteiger partial charge is 0.261 e. The Balaban J connectivity index is 1.52. The molecule has 9 heteroatoms. The van der Waals surface area contributed by atoms with E-state index >= 15 is 0 Å². The summed E-state index contributed by atoms with van der Waals surface area (Å²) >= 11 is 1.50. The van der Waals surface area contributed by atoms with Crippen molar-refractivity contribution in [3.63, 3.8) is 0 Å². The lowest BCUT2D eigenvalue weighted by Gasteiger charge is -2.20. The van der Waals surface area contributed by atoms with Crippen LogP contribution in [0, 0.1) is 0 Å². The van der Waals surface area contributed by atoms with Gasteiger partial charge in [-0.3, -0.25) is 9.52 Å². The van der Waals surface area contributed by atoms with Crippen LogP contribution in [0.1, 0.15) is 19.4 Å². The minimum absolute atomic E-state index is 0.0205. The van der Waals surface area contributed by atoms with Crippen LogP contribution in [0.2, 0.25) is 0 Å². The Morgan fingerprint density at radius 1 is 1.20 bits per heavy atom. The van der Waals surface area contributed by atoms with E-state index in [9.17, 15) is 13.2 Å². The maximum absolute atomic E-state index is 12.9. The van der Waals surface area contributed by atoms with Crippen molar-refractivity contribution in [2.24, 2.45) is 7.05 Å². The number of benzene rings is 2. The molecule has 0 fully saturated rings. The Labute approximate surface area is 180 Å². The second kappa shape index (κ2) is 7.81. The van der Waals surface area contributed by atoms with E-state index < -0.39 is 10.0 Å². The highest BCUT2D eigenvalue weighted by Gasteiger charge is 2.30. The van der Waals surface area contributed by atoms with E-state index in [2.05, 4.69) is 9.71 Å². The number of hydrogen-bond donors (Lipinski definition) is 1. The molecule has 7 nitrogen and oxygen atoms in total. The van der Waals surface area contributed by atoms with Crippen molar-refractivity contribution < 1.29 is 13.2 Å². The van der Waals surface area contributed by atoms with Gasteiger partial charge in [0.25, 0.3) is 10.0 Å². The van der Waals surface area contributed by atoms with Crippen LogP contribution in [0.25, 0.3) is 0 Å². The number of aryl methyl sites for hydroxylation is 1. The summed E-state index contributed by atoms with van der Waals surface area (Å²) in [7, 11) is -1.81. The van der Waals surface area contributed by atoms with Gasteiger partial charge in [0.15, 0.2) is 5.16 Å². The number of imidazole rings is 1. The minimum Gasteiger partial charge on any atom is -0.329 e. The van der Waals surface area contributed by atoms with Gasteiger partial charge in [0.2, 0.25) is 5.91 Å². The van der Waals surface area contributed by atoms with E-state index in [0.29, 0.717) is 12.1 Å². The highest BCUT2D eigenvalue weighted by Crippen LogP contribution is 2.34. The first-order valence-corrected chi connectivity index (χ1v) is 11.8. The Kier molecular flexibility index (Phi) is 5.33. The van der Waals surface area contributed by atoms with Crippen LogP contribution in [0.4, 0.5) is 11.4 Å². The molecule has 1 unspecified atom stereocenters. The van der Waals surface area contributed by atoms with Gasteiger partial charge < -0.3 is 9.47 Å². The van der Waals surface area contributed by atoms with Crippen LogP contribution in [0.15, 0.2) is 69.8 Å². The first-order chi connectivity index (χ1) is 14.2. The second-order valence-electron chi connectivity index (χ2n) is 7.29. The molecular weight excluding hydrogens is 420 g/mol. The topological polar surface area (TPSA) is 84.3 Å². The molecule has 0 saturated carbocycles. The summed E-state index contributed by atoms with van der Waals surface area (Å²) in [5.41, 5.74) is 2.13. The van der Waals surface area contributed by atoms with Gasteiger partial charge in [-0.15, -0.1) is 0 Å². The molecular formula is C21H22N4O3S2. The van der Waals surface area contributed by atoms with Crippen LogP contribution in [-0.2, 0) is 28.3 Å². The number of aromatic nitrogens is 2. The number of hydrogen-bond acceptors (Lipinski definition) is 5. The number of rotatable bonds is 5. The van der Waals surface area contributed by atoms with Crippen molar-refractivity contribution in [3.8, 4) is 0 Å². The fraction of sp³-hybridized carbons (Fsp3) is 0.238. The average Bonchev–Trinajstić information content (AvgIpc) is 3.24. The lowest BCUT2D eigenvalue weighted by atomic mass is 10.1. The zero-order chi connectivity index (χ0) is 21.5. The first kappa shape index (κ1) is 20.5. The van der Waals surface area contributed by atoms with Crippen LogP contribution in [0.3, 0.4) is 0 Å². The monoisotopic (exact) mass is 442 g/mol. The lowest BCUT2D eigenvalue weighted by Crippen LogP contribution is -2.33. The van der Waals surface area contributed by atoms with Crippen molar-refractivity contribution in [3.05, 3.63) is 60.4 Å². The third-order valence-electron chi connectivity index (χ3n) is 5.01. The molecule has 1 aromatic heterocycles. The first-order valence-electron chi connectivity index (χ1n) is 9.45. The van der Waals surface area contributed by atoms with E-state index in [4.69, 9.17) is 0 Å². The molecule has 1 atom stereocenters. The van der Waals surface area contributed by atoms with Gasteiger partial charge in [-0.05, 0) is 61.4 Å². The van der Waals surface area contributed by atoms with E-state index in [1.54, 1.807) is 41.4 Å². The largest absolute Gasteiger partial charge is 0.329 e. The average molecular weight is 443 g/mol. The fourth-order valence-corrected chi connectivity index (χ4v) is 5.53. The number of sulfonamides is 1. The molecule has 1 N–H and O–H groups in total. The Morgan fingerprint density at radius 3 is 2.57 bits per heavy atom. The van der Waals surface area contributed by atoms with Gasteiger partial charge in [-0.2, -0.15) is 0 Å². The van der Waals surface area contributed by atoms with Gasteiger partial charge in [-0.25, -0.2) is 13.4 Å². The van der Waals surface area contributed by atoms with Crippen LogP contribution >= 0.6 is 11.8 Å². The number of anilines is 2. The van der Waals surface area contributed by atoms with Crippen molar-refractivity contribution in [2.75, 3.05) is 9.62 Å². The maximum atomic E-state index is 12.9. The van der Waals surface area contributed by atoms with Crippen LogP contribution in [-0.4, -0.2) is 29.9 Å². The summed E-state index contributed by atoms with van der Waals surface area (Å²) in [6, 6.07) is 12.1. The zero-order valence-corrected chi connectivity index (χ0v) is 18.5. The molecule has 156 valence electrons. The normalized spacial score (nSPS) is 15.8. The van der Waals surface area contributed by atoms with E-state index in [-0.39, 0.29) is 16.8 Å². The SMILES string of the molecule is CC(=O)N1c2ccc(S(=O)(=O)Nc3ccc(Sc4nccn4C)cc3)cc2CC1C. The molecule has 0 saturated heterocycles. The molecule has 1 amide bonds. The van der Waals surface area contributed by atoms with Crippen molar-refractivity contribution in [2.45, 2.75) is 41.3 Å². The molecule has 1 aliphatic rings. The summed E-state index contributed by atoms with van der Waals surface area (Å²) in [5, 5.41) is 0.857. The van der Waals surface area contributed by atoms with Gasteiger partial charge in [0.1, 0.15) is 0 Å². The minimum atomic E-state index is -3.74. The molecule has 0 spiro atoms. The molecule has 30 heavy (non-hydrogen) atoms. The van der Waals surface area contributed by atoms with Gasteiger partial charge >= 0.3 is 0 Å². The van der Waals surface area contributed by atoms with Gasteiger partial charge in [0.05, 0.1) is 4.90 Å². The number of nitrogens with zero attached hydrogens (tertiary/aromatic N) is 3. The molecule has 0 radical (unpaired) electrons.